The Bertz CT molecular complexity index is 656. The van der Waals surface area contributed by atoms with Gasteiger partial charge in [-0.15, -0.1) is 0 Å². The predicted molar refractivity (Wildman–Crippen MR) is 82.9 cm³/mol. The molecule has 1 aromatic carbocycles. The second kappa shape index (κ2) is 5.58. The van der Waals surface area contributed by atoms with Crippen molar-refractivity contribution in [2.24, 2.45) is 0 Å². The summed E-state index contributed by atoms with van der Waals surface area (Å²) in [5.74, 6) is 1.79. The zero-order chi connectivity index (χ0) is 14.1. The number of aryl methyl sites for hydroxylation is 1. The van der Waals surface area contributed by atoms with Crippen molar-refractivity contribution in [3.63, 3.8) is 0 Å². The van der Waals surface area contributed by atoms with E-state index in [1.165, 1.54) is 11.3 Å². The molecule has 2 aromatic rings. The van der Waals surface area contributed by atoms with Crippen LogP contribution in [0.1, 0.15) is 29.1 Å². The zero-order valence-corrected chi connectivity index (χ0v) is 12.7. The SMILES string of the molecule is CNc1nc(Cc2ccc(Cl)c(Cl)c2)nc2c1CCC2. The van der Waals surface area contributed by atoms with E-state index in [1.54, 1.807) is 0 Å². The summed E-state index contributed by atoms with van der Waals surface area (Å²) in [5, 5.41) is 4.31. The molecule has 1 aliphatic carbocycles. The van der Waals surface area contributed by atoms with Crippen molar-refractivity contribution in [3.05, 3.63) is 50.9 Å². The van der Waals surface area contributed by atoms with Crippen molar-refractivity contribution in [2.45, 2.75) is 25.7 Å². The first-order valence-electron chi connectivity index (χ1n) is 6.67. The lowest BCUT2D eigenvalue weighted by molar-refractivity contribution is 0.886. The highest BCUT2D eigenvalue weighted by molar-refractivity contribution is 6.42. The highest BCUT2D eigenvalue weighted by Crippen LogP contribution is 2.27. The Morgan fingerprint density at radius 3 is 2.75 bits per heavy atom. The molecule has 0 bridgehead atoms. The zero-order valence-electron chi connectivity index (χ0n) is 11.2. The van der Waals surface area contributed by atoms with E-state index in [0.717, 1.165) is 36.5 Å². The van der Waals surface area contributed by atoms with E-state index >= 15 is 0 Å². The van der Waals surface area contributed by atoms with Crippen LogP contribution in [0.25, 0.3) is 0 Å². The number of fused-ring (bicyclic) bond motifs is 1. The summed E-state index contributed by atoms with van der Waals surface area (Å²) in [5.41, 5.74) is 3.52. The summed E-state index contributed by atoms with van der Waals surface area (Å²) in [6.45, 7) is 0. The first-order chi connectivity index (χ1) is 9.67. The van der Waals surface area contributed by atoms with Gasteiger partial charge in [-0.05, 0) is 37.0 Å². The molecule has 0 unspecified atom stereocenters. The quantitative estimate of drug-likeness (QED) is 0.934. The highest BCUT2D eigenvalue weighted by Gasteiger charge is 2.18. The lowest BCUT2D eigenvalue weighted by Gasteiger charge is -2.10. The van der Waals surface area contributed by atoms with Gasteiger partial charge in [0, 0.05) is 24.7 Å². The maximum Gasteiger partial charge on any atom is 0.135 e. The summed E-state index contributed by atoms with van der Waals surface area (Å²) in [6.07, 6.45) is 3.94. The van der Waals surface area contributed by atoms with Crippen LogP contribution < -0.4 is 5.32 Å². The number of nitrogens with one attached hydrogen (secondary N) is 1. The van der Waals surface area contributed by atoms with E-state index < -0.39 is 0 Å². The number of rotatable bonds is 3. The first kappa shape index (κ1) is 13.7. The molecule has 0 amide bonds. The minimum Gasteiger partial charge on any atom is -0.373 e. The van der Waals surface area contributed by atoms with Crippen molar-refractivity contribution in [1.29, 1.82) is 0 Å². The normalized spacial score (nSPS) is 13.3. The van der Waals surface area contributed by atoms with Gasteiger partial charge < -0.3 is 5.32 Å². The van der Waals surface area contributed by atoms with Crippen LogP contribution in [0.5, 0.6) is 0 Å². The van der Waals surface area contributed by atoms with E-state index in [-0.39, 0.29) is 0 Å². The minimum absolute atomic E-state index is 0.569. The first-order valence-corrected chi connectivity index (χ1v) is 7.43. The average Bonchev–Trinajstić information content (AvgIpc) is 2.90. The fourth-order valence-electron chi connectivity index (χ4n) is 2.60. The largest absolute Gasteiger partial charge is 0.373 e. The van der Waals surface area contributed by atoms with E-state index in [9.17, 15) is 0 Å². The second-order valence-corrected chi connectivity index (χ2v) is 5.76. The Kier molecular flexibility index (Phi) is 3.81. The minimum atomic E-state index is 0.569. The van der Waals surface area contributed by atoms with Crippen molar-refractivity contribution in [3.8, 4) is 0 Å². The third-order valence-electron chi connectivity index (χ3n) is 3.56. The van der Waals surface area contributed by atoms with Crippen LogP contribution in [-0.2, 0) is 19.3 Å². The molecule has 1 heterocycles. The molecule has 5 heteroatoms. The van der Waals surface area contributed by atoms with Crippen LogP contribution in [0.4, 0.5) is 5.82 Å². The molecule has 1 aliphatic rings. The van der Waals surface area contributed by atoms with Crippen LogP contribution >= 0.6 is 23.2 Å². The lowest BCUT2D eigenvalue weighted by atomic mass is 10.1. The monoisotopic (exact) mass is 307 g/mol. The van der Waals surface area contributed by atoms with Crippen LogP contribution in [0.3, 0.4) is 0 Å². The van der Waals surface area contributed by atoms with Gasteiger partial charge in [-0.3, -0.25) is 0 Å². The van der Waals surface area contributed by atoms with Gasteiger partial charge in [0.1, 0.15) is 11.6 Å². The molecule has 1 aromatic heterocycles. The van der Waals surface area contributed by atoms with E-state index in [0.29, 0.717) is 16.5 Å². The van der Waals surface area contributed by atoms with Crippen molar-refractivity contribution < 1.29 is 0 Å². The molecule has 3 nitrogen and oxygen atoms in total. The van der Waals surface area contributed by atoms with Crippen LogP contribution in [0.2, 0.25) is 10.0 Å². The third kappa shape index (κ3) is 2.60. The van der Waals surface area contributed by atoms with Crippen molar-refractivity contribution >= 4 is 29.0 Å². The summed E-state index contributed by atoms with van der Waals surface area (Å²) in [6, 6.07) is 5.65. The van der Waals surface area contributed by atoms with Crippen LogP contribution in [0, 0.1) is 0 Å². The summed E-state index contributed by atoms with van der Waals surface area (Å²) in [7, 11) is 1.91. The van der Waals surface area contributed by atoms with Crippen LogP contribution in [-0.4, -0.2) is 17.0 Å². The summed E-state index contributed by atoms with van der Waals surface area (Å²) >= 11 is 12.0. The van der Waals surface area contributed by atoms with E-state index in [2.05, 4.69) is 15.3 Å². The maximum absolute atomic E-state index is 6.05. The second-order valence-electron chi connectivity index (χ2n) is 4.94. The maximum atomic E-state index is 6.05. The molecule has 104 valence electrons. The number of halogens is 2. The Morgan fingerprint density at radius 1 is 1.15 bits per heavy atom. The number of hydrogen-bond acceptors (Lipinski definition) is 3. The van der Waals surface area contributed by atoms with Gasteiger partial charge in [0.05, 0.1) is 10.0 Å². The molecule has 0 radical (unpaired) electrons. The molecule has 0 saturated carbocycles. The topological polar surface area (TPSA) is 37.8 Å². The number of benzene rings is 1. The van der Waals surface area contributed by atoms with Gasteiger partial charge >= 0.3 is 0 Å². The Hall–Kier alpha value is -1.32. The summed E-state index contributed by atoms with van der Waals surface area (Å²) in [4.78, 5) is 9.29. The third-order valence-corrected chi connectivity index (χ3v) is 4.30. The van der Waals surface area contributed by atoms with E-state index in [4.69, 9.17) is 23.2 Å². The van der Waals surface area contributed by atoms with Crippen LogP contribution in [0.15, 0.2) is 18.2 Å². The Balaban J connectivity index is 1.92. The number of aromatic nitrogens is 2. The lowest BCUT2D eigenvalue weighted by Crippen LogP contribution is -2.06. The molecule has 0 aliphatic heterocycles. The molecule has 1 N–H and O–H groups in total. The molecule has 0 fully saturated rings. The number of hydrogen-bond donors (Lipinski definition) is 1. The Labute approximate surface area is 128 Å². The molecular formula is C15H15Cl2N3. The molecule has 0 spiro atoms. The average molecular weight is 308 g/mol. The fourth-order valence-corrected chi connectivity index (χ4v) is 2.92. The molecule has 0 atom stereocenters. The Morgan fingerprint density at radius 2 is 2.00 bits per heavy atom. The van der Waals surface area contributed by atoms with Gasteiger partial charge in [-0.25, -0.2) is 9.97 Å². The van der Waals surface area contributed by atoms with Gasteiger partial charge in [0.25, 0.3) is 0 Å². The smallest absolute Gasteiger partial charge is 0.135 e. The highest BCUT2D eigenvalue weighted by atomic mass is 35.5. The summed E-state index contributed by atoms with van der Waals surface area (Å²) < 4.78 is 0. The van der Waals surface area contributed by atoms with E-state index in [1.807, 2.05) is 25.2 Å². The number of nitrogens with zero attached hydrogens (tertiary/aromatic N) is 2. The van der Waals surface area contributed by atoms with Gasteiger partial charge in [-0.1, -0.05) is 29.3 Å². The van der Waals surface area contributed by atoms with Crippen molar-refractivity contribution in [2.75, 3.05) is 12.4 Å². The van der Waals surface area contributed by atoms with Gasteiger partial charge in [0.15, 0.2) is 0 Å². The molecular weight excluding hydrogens is 293 g/mol. The van der Waals surface area contributed by atoms with Gasteiger partial charge in [0.2, 0.25) is 0 Å². The standard InChI is InChI=1S/C15H15Cl2N3/c1-18-15-10-3-2-4-13(10)19-14(20-15)8-9-5-6-11(16)12(17)7-9/h5-7H,2-4,8H2,1H3,(H,18,19,20). The van der Waals surface area contributed by atoms with Crippen molar-refractivity contribution in [1.82, 2.24) is 9.97 Å². The molecule has 3 rings (SSSR count). The predicted octanol–water partition coefficient (Wildman–Crippen LogP) is 3.90. The van der Waals surface area contributed by atoms with Gasteiger partial charge in [-0.2, -0.15) is 0 Å². The molecule has 20 heavy (non-hydrogen) atoms. The molecule has 0 saturated heterocycles. The number of anilines is 1. The fraction of sp³-hybridized carbons (Fsp3) is 0.333.